The van der Waals surface area contributed by atoms with Crippen LogP contribution < -0.4 is 11.2 Å². The number of carbonyl (C=O) groups excluding carboxylic acids is 1. The Morgan fingerprint density at radius 3 is 2.33 bits per heavy atom. The first-order valence-corrected chi connectivity index (χ1v) is 6.46. The zero-order valence-electron chi connectivity index (χ0n) is 11.9. The summed E-state index contributed by atoms with van der Waals surface area (Å²) in [5.74, 6) is -0.0310. The van der Waals surface area contributed by atoms with Gasteiger partial charge in [0.15, 0.2) is 0 Å². The van der Waals surface area contributed by atoms with Crippen LogP contribution in [0.3, 0.4) is 0 Å². The summed E-state index contributed by atoms with van der Waals surface area (Å²) in [7, 11) is 0. The van der Waals surface area contributed by atoms with Crippen molar-refractivity contribution in [2.24, 2.45) is 5.10 Å². The largest absolute Gasteiger partial charge is 0.507 e. The summed E-state index contributed by atoms with van der Waals surface area (Å²) in [5.41, 5.74) is 11.4. The summed E-state index contributed by atoms with van der Waals surface area (Å²) >= 11 is 0. The van der Waals surface area contributed by atoms with Crippen LogP contribution in [0, 0.1) is 13.8 Å². The van der Waals surface area contributed by atoms with Gasteiger partial charge in [-0.1, -0.05) is 0 Å². The number of phenolic OH excluding ortho intramolecular Hbond substituents is 1. The lowest BCUT2D eigenvalue weighted by atomic mass is 10.1. The van der Waals surface area contributed by atoms with Gasteiger partial charge >= 0.3 is 0 Å². The number of aromatic hydroxyl groups is 1. The van der Waals surface area contributed by atoms with Gasteiger partial charge in [0, 0.05) is 11.3 Å². The number of anilines is 1. The number of benzene rings is 2. The van der Waals surface area contributed by atoms with E-state index in [1.54, 1.807) is 36.4 Å². The monoisotopic (exact) mass is 283 g/mol. The Hall–Kier alpha value is -2.82. The maximum absolute atomic E-state index is 11.8. The highest BCUT2D eigenvalue weighted by Crippen LogP contribution is 2.21. The molecule has 0 unspecified atom stereocenters. The molecule has 0 aromatic heterocycles. The molecule has 0 bridgehead atoms. The Labute approximate surface area is 123 Å². The molecule has 0 fully saturated rings. The molecule has 0 aliphatic rings. The summed E-state index contributed by atoms with van der Waals surface area (Å²) in [5, 5.41) is 13.6. The SMILES string of the molecule is Cc1cc(/C=N/NC(=O)c2ccc(N)cc2)cc(C)c1O. The molecule has 0 radical (unpaired) electrons. The number of rotatable bonds is 3. The fraction of sp³-hybridized carbons (Fsp3) is 0.125. The Morgan fingerprint density at radius 2 is 1.76 bits per heavy atom. The highest BCUT2D eigenvalue weighted by Gasteiger charge is 2.04. The van der Waals surface area contributed by atoms with Crippen LogP contribution >= 0.6 is 0 Å². The van der Waals surface area contributed by atoms with Crippen molar-refractivity contribution in [2.75, 3.05) is 5.73 Å². The number of hydrogen-bond acceptors (Lipinski definition) is 4. The summed E-state index contributed by atoms with van der Waals surface area (Å²) in [6.07, 6.45) is 1.54. The van der Waals surface area contributed by atoms with E-state index in [2.05, 4.69) is 10.5 Å². The highest BCUT2D eigenvalue weighted by molar-refractivity contribution is 5.95. The molecule has 21 heavy (non-hydrogen) atoms. The van der Waals surface area contributed by atoms with E-state index < -0.39 is 0 Å². The molecule has 1 amide bonds. The first-order valence-electron chi connectivity index (χ1n) is 6.46. The molecule has 2 aromatic carbocycles. The number of hydrogen-bond donors (Lipinski definition) is 3. The van der Waals surface area contributed by atoms with Crippen LogP contribution in [0.2, 0.25) is 0 Å². The first kappa shape index (κ1) is 14.6. The van der Waals surface area contributed by atoms with E-state index in [9.17, 15) is 9.90 Å². The number of amides is 1. The van der Waals surface area contributed by atoms with Crippen LogP contribution in [-0.4, -0.2) is 17.2 Å². The molecule has 0 saturated heterocycles. The van der Waals surface area contributed by atoms with Crippen LogP contribution in [0.4, 0.5) is 5.69 Å². The van der Waals surface area contributed by atoms with Gasteiger partial charge in [-0.05, 0) is 66.9 Å². The molecule has 4 N–H and O–H groups in total. The lowest BCUT2D eigenvalue weighted by Gasteiger charge is -2.04. The second kappa shape index (κ2) is 6.09. The van der Waals surface area contributed by atoms with Gasteiger partial charge in [0.1, 0.15) is 5.75 Å². The number of hydrazone groups is 1. The minimum absolute atomic E-state index is 0.276. The lowest BCUT2D eigenvalue weighted by molar-refractivity contribution is 0.0955. The zero-order chi connectivity index (χ0) is 15.4. The number of aryl methyl sites for hydroxylation is 2. The van der Waals surface area contributed by atoms with Crippen LogP contribution in [0.5, 0.6) is 5.75 Å². The normalized spacial score (nSPS) is 10.8. The van der Waals surface area contributed by atoms with Gasteiger partial charge in [-0.2, -0.15) is 5.10 Å². The van der Waals surface area contributed by atoms with Crippen molar-refractivity contribution in [3.8, 4) is 5.75 Å². The van der Waals surface area contributed by atoms with E-state index in [4.69, 9.17) is 5.73 Å². The molecule has 5 heteroatoms. The maximum Gasteiger partial charge on any atom is 0.271 e. The van der Waals surface area contributed by atoms with Crippen LogP contribution in [0.1, 0.15) is 27.0 Å². The number of nitrogens with two attached hydrogens (primary N) is 1. The smallest absolute Gasteiger partial charge is 0.271 e. The summed E-state index contributed by atoms with van der Waals surface area (Å²) in [4.78, 5) is 11.8. The van der Waals surface area contributed by atoms with E-state index in [1.807, 2.05) is 13.8 Å². The van der Waals surface area contributed by atoms with Gasteiger partial charge in [0.05, 0.1) is 6.21 Å². The van der Waals surface area contributed by atoms with Crippen molar-refractivity contribution in [3.63, 3.8) is 0 Å². The van der Waals surface area contributed by atoms with Crippen molar-refractivity contribution in [2.45, 2.75) is 13.8 Å². The van der Waals surface area contributed by atoms with Gasteiger partial charge in [-0.15, -0.1) is 0 Å². The summed E-state index contributed by atoms with van der Waals surface area (Å²) < 4.78 is 0. The van der Waals surface area contributed by atoms with Crippen LogP contribution in [-0.2, 0) is 0 Å². The van der Waals surface area contributed by atoms with Crippen molar-refractivity contribution in [1.29, 1.82) is 0 Å². The average molecular weight is 283 g/mol. The Bertz CT molecular complexity index is 668. The molecular weight excluding hydrogens is 266 g/mol. The Balaban J connectivity index is 2.05. The zero-order valence-corrected chi connectivity index (χ0v) is 11.9. The van der Waals surface area contributed by atoms with E-state index in [-0.39, 0.29) is 11.7 Å². The number of nitrogen functional groups attached to an aromatic ring is 1. The van der Waals surface area contributed by atoms with Crippen molar-refractivity contribution >= 4 is 17.8 Å². The number of carbonyl (C=O) groups is 1. The van der Waals surface area contributed by atoms with E-state index >= 15 is 0 Å². The van der Waals surface area contributed by atoms with E-state index in [0.29, 0.717) is 11.3 Å². The minimum atomic E-state index is -0.307. The van der Waals surface area contributed by atoms with Gasteiger partial charge in [0.2, 0.25) is 0 Å². The first-order chi connectivity index (χ1) is 9.97. The van der Waals surface area contributed by atoms with Gasteiger partial charge in [-0.25, -0.2) is 5.43 Å². The molecule has 0 saturated carbocycles. The molecule has 0 aliphatic carbocycles. The number of nitrogens with one attached hydrogen (secondary N) is 1. The molecule has 0 heterocycles. The van der Waals surface area contributed by atoms with E-state index in [1.165, 1.54) is 6.21 Å². The Morgan fingerprint density at radius 1 is 1.19 bits per heavy atom. The minimum Gasteiger partial charge on any atom is -0.507 e. The van der Waals surface area contributed by atoms with Crippen LogP contribution in [0.15, 0.2) is 41.5 Å². The van der Waals surface area contributed by atoms with Crippen molar-refractivity contribution < 1.29 is 9.90 Å². The predicted molar refractivity (Wildman–Crippen MR) is 83.5 cm³/mol. The fourth-order valence-corrected chi connectivity index (χ4v) is 1.93. The molecule has 108 valence electrons. The third kappa shape index (κ3) is 3.60. The summed E-state index contributed by atoms with van der Waals surface area (Å²) in [6.45, 7) is 3.62. The fourth-order valence-electron chi connectivity index (χ4n) is 1.93. The van der Waals surface area contributed by atoms with Crippen molar-refractivity contribution in [1.82, 2.24) is 5.43 Å². The maximum atomic E-state index is 11.8. The average Bonchev–Trinajstić information content (AvgIpc) is 2.45. The topological polar surface area (TPSA) is 87.7 Å². The van der Waals surface area contributed by atoms with Crippen molar-refractivity contribution in [3.05, 3.63) is 58.7 Å². The quantitative estimate of drug-likeness (QED) is 0.459. The molecule has 2 aromatic rings. The molecule has 2 rings (SSSR count). The lowest BCUT2D eigenvalue weighted by Crippen LogP contribution is -2.17. The van der Waals surface area contributed by atoms with Gasteiger partial charge in [0.25, 0.3) is 5.91 Å². The molecule has 5 nitrogen and oxygen atoms in total. The standard InChI is InChI=1S/C16H17N3O2/c1-10-7-12(8-11(2)15(10)20)9-18-19-16(21)13-3-5-14(17)6-4-13/h3-9,20H,17H2,1-2H3,(H,19,21)/b18-9+. The number of nitrogens with zero attached hydrogens (tertiary/aromatic N) is 1. The summed E-state index contributed by atoms with van der Waals surface area (Å²) in [6, 6.07) is 10.2. The third-order valence-electron chi connectivity index (χ3n) is 3.07. The highest BCUT2D eigenvalue weighted by atomic mass is 16.3. The molecular formula is C16H17N3O2. The predicted octanol–water partition coefficient (Wildman–Crippen LogP) is 2.36. The third-order valence-corrected chi connectivity index (χ3v) is 3.07. The van der Waals surface area contributed by atoms with Crippen LogP contribution in [0.25, 0.3) is 0 Å². The molecule has 0 aliphatic heterocycles. The van der Waals surface area contributed by atoms with Gasteiger partial charge < -0.3 is 10.8 Å². The molecule has 0 atom stereocenters. The molecule has 0 spiro atoms. The van der Waals surface area contributed by atoms with E-state index in [0.717, 1.165) is 16.7 Å². The second-order valence-corrected chi connectivity index (χ2v) is 4.82. The Kier molecular flexibility index (Phi) is 4.23. The second-order valence-electron chi connectivity index (χ2n) is 4.82. The van der Waals surface area contributed by atoms with Gasteiger partial charge in [-0.3, -0.25) is 4.79 Å². The number of phenols is 1.